The van der Waals surface area contributed by atoms with Gasteiger partial charge < -0.3 is 19.9 Å². The Kier molecular flexibility index (Phi) is 4.85. The third-order valence-corrected chi connectivity index (χ3v) is 6.59. The topological polar surface area (TPSA) is 84.9 Å². The van der Waals surface area contributed by atoms with E-state index in [9.17, 15) is 14.7 Å². The van der Waals surface area contributed by atoms with E-state index in [1.165, 1.54) is 0 Å². The van der Waals surface area contributed by atoms with Crippen LogP contribution in [0.25, 0.3) is 11.1 Å². The number of carboxylic acids is 1. The van der Waals surface area contributed by atoms with Crippen LogP contribution in [0.15, 0.2) is 66.7 Å². The summed E-state index contributed by atoms with van der Waals surface area (Å²) in [6.45, 7) is 0.126. The largest absolute Gasteiger partial charge is 0.496 e. The molecule has 2 N–H and O–H groups in total. The average molecular weight is 429 g/mol. The summed E-state index contributed by atoms with van der Waals surface area (Å²) in [4.78, 5) is 25.1. The van der Waals surface area contributed by atoms with Crippen LogP contribution < -0.4 is 10.1 Å². The molecule has 0 bridgehead atoms. The number of carbonyl (C=O) groups is 2. The number of alkyl carbamates (subject to hydrolysis) is 1. The molecule has 0 aromatic heterocycles. The van der Waals surface area contributed by atoms with Crippen LogP contribution in [0, 0.1) is 0 Å². The number of hydrogen-bond acceptors (Lipinski definition) is 4. The first-order valence-corrected chi connectivity index (χ1v) is 10.6. The summed E-state index contributed by atoms with van der Waals surface area (Å²) < 4.78 is 11.0. The number of rotatable bonds is 5. The highest BCUT2D eigenvalue weighted by molar-refractivity contribution is 5.88. The molecule has 0 saturated carbocycles. The molecule has 0 fully saturated rings. The van der Waals surface area contributed by atoms with E-state index in [1.54, 1.807) is 25.3 Å². The van der Waals surface area contributed by atoms with E-state index < -0.39 is 17.6 Å². The molecule has 0 heterocycles. The van der Waals surface area contributed by atoms with E-state index in [1.807, 2.05) is 36.4 Å². The van der Waals surface area contributed by atoms with Gasteiger partial charge in [0.1, 0.15) is 12.4 Å². The van der Waals surface area contributed by atoms with Crippen molar-refractivity contribution in [2.24, 2.45) is 0 Å². The zero-order chi connectivity index (χ0) is 22.3. The number of nitrogens with one attached hydrogen (secondary N) is 1. The fourth-order valence-electron chi connectivity index (χ4n) is 5.08. The molecule has 0 aliphatic heterocycles. The van der Waals surface area contributed by atoms with Crippen LogP contribution in [0.2, 0.25) is 0 Å². The first-order chi connectivity index (χ1) is 15.5. The minimum Gasteiger partial charge on any atom is -0.496 e. The fraction of sp³-hybridized carbons (Fsp3) is 0.231. The Labute approximate surface area is 185 Å². The summed E-state index contributed by atoms with van der Waals surface area (Å²) in [5.74, 6) is -0.581. The second-order valence-corrected chi connectivity index (χ2v) is 8.15. The monoisotopic (exact) mass is 429 g/mol. The summed E-state index contributed by atoms with van der Waals surface area (Å²) in [6, 6.07) is 21.4. The summed E-state index contributed by atoms with van der Waals surface area (Å²) in [5.41, 5.74) is 4.28. The number of benzene rings is 3. The third kappa shape index (κ3) is 3.02. The Hall–Kier alpha value is -3.80. The minimum atomic E-state index is -1.54. The van der Waals surface area contributed by atoms with E-state index in [-0.39, 0.29) is 18.9 Å². The number of fused-ring (bicyclic) bond motifs is 4. The van der Waals surface area contributed by atoms with Gasteiger partial charge in [0.05, 0.1) is 7.11 Å². The Morgan fingerprint density at radius 3 is 2.28 bits per heavy atom. The number of hydrogen-bond donors (Lipinski definition) is 2. The highest BCUT2D eigenvalue weighted by Crippen LogP contribution is 2.45. The van der Waals surface area contributed by atoms with Crippen LogP contribution in [0.1, 0.15) is 34.6 Å². The maximum atomic E-state index is 12.8. The van der Waals surface area contributed by atoms with Gasteiger partial charge in [-0.2, -0.15) is 0 Å². The van der Waals surface area contributed by atoms with Crippen molar-refractivity contribution in [3.05, 3.63) is 89.0 Å². The maximum absolute atomic E-state index is 12.8. The second-order valence-electron chi connectivity index (χ2n) is 8.15. The third-order valence-electron chi connectivity index (χ3n) is 6.59. The lowest BCUT2D eigenvalue weighted by atomic mass is 9.92. The van der Waals surface area contributed by atoms with E-state index >= 15 is 0 Å². The highest BCUT2D eigenvalue weighted by Gasteiger charge is 2.48. The number of methoxy groups -OCH3 is 1. The van der Waals surface area contributed by atoms with Crippen LogP contribution in [-0.2, 0) is 21.5 Å². The van der Waals surface area contributed by atoms with Crippen molar-refractivity contribution in [2.75, 3.05) is 13.7 Å². The molecular formula is C26H23NO5. The Morgan fingerprint density at radius 2 is 1.66 bits per heavy atom. The molecule has 2 aliphatic rings. The molecule has 3 aromatic carbocycles. The number of carboxylic acid groups (broad SMARTS) is 1. The molecule has 0 spiro atoms. The zero-order valence-corrected chi connectivity index (χ0v) is 17.6. The van der Waals surface area contributed by atoms with Gasteiger partial charge in [-0.15, -0.1) is 0 Å². The number of ether oxygens (including phenoxy) is 2. The quantitative estimate of drug-likeness (QED) is 0.626. The van der Waals surface area contributed by atoms with Crippen molar-refractivity contribution in [3.63, 3.8) is 0 Å². The Bertz CT molecular complexity index is 1170. The lowest BCUT2D eigenvalue weighted by molar-refractivity contribution is -0.145. The van der Waals surface area contributed by atoms with Crippen molar-refractivity contribution in [2.45, 2.75) is 24.3 Å². The van der Waals surface area contributed by atoms with Crippen LogP contribution in [0.5, 0.6) is 5.75 Å². The Morgan fingerprint density at radius 1 is 1.00 bits per heavy atom. The van der Waals surface area contributed by atoms with Crippen molar-refractivity contribution >= 4 is 12.1 Å². The fourth-order valence-corrected chi connectivity index (χ4v) is 5.08. The summed E-state index contributed by atoms with van der Waals surface area (Å²) in [6.07, 6.45) is -0.0118. The lowest BCUT2D eigenvalue weighted by Crippen LogP contribution is -2.50. The lowest BCUT2D eigenvalue weighted by Gasteiger charge is -2.27. The van der Waals surface area contributed by atoms with Crippen molar-refractivity contribution < 1.29 is 24.2 Å². The van der Waals surface area contributed by atoms with Gasteiger partial charge in [-0.3, -0.25) is 0 Å². The first kappa shape index (κ1) is 20.1. The second kappa shape index (κ2) is 7.71. The van der Waals surface area contributed by atoms with E-state index in [4.69, 9.17) is 9.47 Å². The molecule has 2 aliphatic carbocycles. The molecule has 6 heteroatoms. The minimum absolute atomic E-state index is 0.0927. The van der Waals surface area contributed by atoms with E-state index in [0.717, 1.165) is 27.8 Å². The van der Waals surface area contributed by atoms with Gasteiger partial charge in [-0.1, -0.05) is 60.7 Å². The summed E-state index contributed by atoms with van der Waals surface area (Å²) >= 11 is 0. The molecule has 0 radical (unpaired) electrons. The molecular weight excluding hydrogens is 406 g/mol. The molecule has 0 unspecified atom stereocenters. The number of amides is 1. The molecule has 162 valence electrons. The van der Waals surface area contributed by atoms with Gasteiger partial charge in [0.25, 0.3) is 0 Å². The predicted molar refractivity (Wildman–Crippen MR) is 119 cm³/mol. The number of aliphatic carboxylic acids is 1. The Balaban J connectivity index is 1.38. The standard InChI is InChI=1S/C26H23NO5/c1-31-23-12-6-11-22-20(23)13-14-26(22,24(28)29)27-25(30)32-15-21-18-9-4-2-7-16(18)17-8-3-5-10-19(17)21/h2-12,21H,13-15H2,1H3,(H,27,30)(H,28,29)/t26-/m1/s1. The van der Waals surface area contributed by atoms with Crippen LogP contribution in [0.3, 0.4) is 0 Å². The van der Waals surface area contributed by atoms with Crippen molar-refractivity contribution in [3.8, 4) is 16.9 Å². The van der Waals surface area contributed by atoms with Gasteiger partial charge in [0, 0.05) is 11.5 Å². The van der Waals surface area contributed by atoms with Gasteiger partial charge in [-0.25, -0.2) is 9.59 Å². The van der Waals surface area contributed by atoms with Gasteiger partial charge in [-0.05, 0) is 46.7 Å². The molecule has 5 rings (SSSR count). The van der Waals surface area contributed by atoms with Crippen LogP contribution in [0.4, 0.5) is 4.79 Å². The van der Waals surface area contributed by atoms with Crippen LogP contribution in [-0.4, -0.2) is 30.9 Å². The molecule has 0 saturated heterocycles. The van der Waals surface area contributed by atoms with Crippen molar-refractivity contribution in [1.29, 1.82) is 0 Å². The summed E-state index contributed by atoms with van der Waals surface area (Å²) in [5, 5.41) is 12.7. The van der Waals surface area contributed by atoms with Gasteiger partial charge in [0.15, 0.2) is 5.54 Å². The predicted octanol–water partition coefficient (Wildman–Crippen LogP) is 4.46. The SMILES string of the molecule is COc1cccc2c1CC[C@]2(NC(=O)OCC1c2ccccc2-c2ccccc21)C(=O)O. The van der Waals surface area contributed by atoms with E-state index in [0.29, 0.717) is 17.7 Å². The molecule has 3 aromatic rings. The molecule has 1 amide bonds. The van der Waals surface area contributed by atoms with Crippen LogP contribution >= 0.6 is 0 Å². The normalized spacial score (nSPS) is 18.4. The highest BCUT2D eigenvalue weighted by atomic mass is 16.5. The smallest absolute Gasteiger partial charge is 0.408 e. The van der Waals surface area contributed by atoms with E-state index in [2.05, 4.69) is 17.4 Å². The van der Waals surface area contributed by atoms with Crippen molar-refractivity contribution in [1.82, 2.24) is 5.32 Å². The first-order valence-electron chi connectivity index (χ1n) is 10.6. The van der Waals surface area contributed by atoms with Gasteiger partial charge in [0.2, 0.25) is 0 Å². The molecule has 32 heavy (non-hydrogen) atoms. The molecule has 6 nitrogen and oxygen atoms in total. The summed E-state index contributed by atoms with van der Waals surface area (Å²) in [7, 11) is 1.55. The molecule has 1 atom stereocenters. The van der Waals surface area contributed by atoms with Gasteiger partial charge >= 0.3 is 12.1 Å². The maximum Gasteiger partial charge on any atom is 0.408 e. The number of carbonyl (C=O) groups excluding carboxylic acids is 1. The zero-order valence-electron chi connectivity index (χ0n) is 17.6. The average Bonchev–Trinajstić information content (AvgIpc) is 3.34.